The average Bonchev–Trinajstić information content (AvgIpc) is 3.49. The lowest BCUT2D eigenvalue weighted by atomic mass is 10.0. The number of carboxylic acid groups (broad SMARTS) is 1. The summed E-state index contributed by atoms with van der Waals surface area (Å²) < 4.78 is 12.0. The molecule has 0 aromatic carbocycles. The Morgan fingerprint density at radius 2 is 2.29 bits per heavy atom. The molecule has 2 aliphatic heterocycles. The van der Waals surface area contributed by atoms with E-state index < -0.39 is 29.2 Å². The lowest BCUT2D eigenvalue weighted by Crippen LogP contribution is -2.71. The molecule has 5 heterocycles. The number of amides is 2. The molecule has 180 valence electrons. The molecule has 0 saturated carbocycles. The number of pyridine rings is 1. The second kappa shape index (κ2) is 8.79. The highest BCUT2D eigenvalue weighted by atomic mass is 32.2. The Morgan fingerprint density at radius 3 is 3.00 bits per heavy atom. The van der Waals surface area contributed by atoms with E-state index in [9.17, 15) is 19.5 Å². The first-order valence-electron chi connectivity index (χ1n) is 10.3. The number of hydrogen-bond acceptors (Lipinski definition) is 11. The quantitative estimate of drug-likeness (QED) is 0.173. The smallest absolute Gasteiger partial charge is 0.380 e. The van der Waals surface area contributed by atoms with Gasteiger partial charge in [-0.25, -0.2) is 0 Å². The molecule has 3 aromatic rings. The minimum Gasteiger partial charge on any atom is -0.543 e. The molecule has 0 spiro atoms. The number of anilines is 1. The van der Waals surface area contributed by atoms with Crippen LogP contribution in [0.3, 0.4) is 0 Å². The number of nitrogens with two attached hydrogens (primary N) is 1. The fraction of sp³-hybridized carbons (Fsp3) is 0.238. The number of aromatic nitrogens is 2. The molecule has 0 aliphatic carbocycles. The largest absolute Gasteiger partial charge is 0.543 e. The summed E-state index contributed by atoms with van der Waals surface area (Å²) in [6, 6.07) is 5.78. The van der Waals surface area contributed by atoms with E-state index in [0.717, 1.165) is 10.3 Å². The first-order valence-corrected chi connectivity index (χ1v) is 11.3. The van der Waals surface area contributed by atoms with Crippen molar-refractivity contribution >= 4 is 52.2 Å². The summed E-state index contributed by atoms with van der Waals surface area (Å²) in [5.41, 5.74) is 6.11. The zero-order chi connectivity index (χ0) is 24.7. The molecular weight excluding hydrogens is 480 g/mol. The maximum atomic E-state index is 13.0. The SMILES string of the molecule is CON=C(C(=O)NC1C(=O)N2C(C(=O)[O-])=C(C[n+]3cccc4ccoc43)CS[C@@H]12)c1cc(N)on1. The second-order valence-electron chi connectivity index (χ2n) is 7.65. The minimum atomic E-state index is -1.48. The molecule has 35 heavy (non-hydrogen) atoms. The third-order valence-corrected chi connectivity index (χ3v) is 6.87. The summed E-state index contributed by atoms with van der Waals surface area (Å²) in [7, 11) is 1.24. The van der Waals surface area contributed by atoms with Crippen molar-refractivity contribution in [1.29, 1.82) is 0 Å². The molecule has 0 bridgehead atoms. The van der Waals surface area contributed by atoms with Crippen LogP contribution in [0.5, 0.6) is 0 Å². The van der Waals surface area contributed by atoms with Crippen molar-refractivity contribution in [3.05, 3.63) is 53.7 Å². The van der Waals surface area contributed by atoms with Crippen molar-refractivity contribution in [2.45, 2.75) is 18.0 Å². The Kier molecular flexibility index (Phi) is 5.64. The molecular formula is C21H18N6O7S. The highest BCUT2D eigenvalue weighted by Crippen LogP contribution is 2.40. The number of β-lactam (4-membered cyclic amide) rings is 1. The third kappa shape index (κ3) is 3.86. The monoisotopic (exact) mass is 498 g/mol. The maximum absolute atomic E-state index is 13.0. The van der Waals surface area contributed by atoms with Gasteiger partial charge in [0.2, 0.25) is 5.88 Å². The predicted octanol–water partition coefficient (Wildman–Crippen LogP) is -1.25. The Labute approximate surface area is 201 Å². The van der Waals surface area contributed by atoms with E-state index in [0.29, 0.717) is 17.0 Å². The fourth-order valence-electron chi connectivity index (χ4n) is 4.02. The first-order chi connectivity index (χ1) is 16.9. The highest BCUT2D eigenvalue weighted by molar-refractivity contribution is 8.00. The van der Waals surface area contributed by atoms with Gasteiger partial charge in [0.15, 0.2) is 18.5 Å². The van der Waals surface area contributed by atoms with E-state index in [-0.39, 0.29) is 29.5 Å². The van der Waals surface area contributed by atoms with Gasteiger partial charge in [-0.1, -0.05) is 10.3 Å². The Bertz CT molecular complexity index is 1410. The summed E-state index contributed by atoms with van der Waals surface area (Å²) in [4.78, 5) is 43.7. The highest BCUT2D eigenvalue weighted by Gasteiger charge is 2.53. The molecule has 2 amide bonds. The van der Waals surface area contributed by atoms with Gasteiger partial charge in [0, 0.05) is 23.5 Å². The summed E-state index contributed by atoms with van der Waals surface area (Å²) >= 11 is 1.32. The summed E-state index contributed by atoms with van der Waals surface area (Å²) in [6.07, 6.45) is 3.30. The second-order valence-corrected chi connectivity index (χ2v) is 8.76. The number of carbonyl (C=O) groups is 3. The van der Waals surface area contributed by atoms with Gasteiger partial charge in [-0.2, -0.15) is 4.57 Å². The zero-order valence-electron chi connectivity index (χ0n) is 18.2. The van der Waals surface area contributed by atoms with Crippen LogP contribution in [0.15, 0.2) is 62.1 Å². The van der Waals surface area contributed by atoms with Crippen molar-refractivity contribution in [3.63, 3.8) is 0 Å². The average molecular weight is 498 g/mol. The van der Waals surface area contributed by atoms with Gasteiger partial charge in [0.05, 0.1) is 23.3 Å². The predicted molar refractivity (Wildman–Crippen MR) is 118 cm³/mol. The molecule has 2 atom stereocenters. The van der Waals surface area contributed by atoms with E-state index in [1.165, 1.54) is 24.9 Å². The molecule has 13 nitrogen and oxygen atoms in total. The summed E-state index contributed by atoms with van der Waals surface area (Å²) in [6.45, 7) is 0.187. The van der Waals surface area contributed by atoms with E-state index in [1.807, 2.05) is 12.1 Å². The van der Waals surface area contributed by atoms with Gasteiger partial charge in [-0.05, 0) is 12.1 Å². The number of nitrogen functional groups attached to an aromatic ring is 1. The number of nitrogens with zero attached hydrogens (tertiary/aromatic N) is 4. The molecule has 1 saturated heterocycles. The van der Waals surface area contributed by atoms with Crippen LogP contribution in [-0.2, 0) is 25.8 Å². The molecule has 0 radical (unpaired) electrons. The van der Waals surface area contributed by atoms with Crippen LogP contribution in [-0.4, -0.2) is 57.8 Å². The lowest BCUT2D eigenvalue weighted by Gasteiger charge is -2.50. The van der Waals surface area contributed by atoms with E-state index in [4.69, 9.17) is 19.5 Å². The zero-order valence-corrected chi connectivity index (χ0v) is 19.0. The Morgan fingerprint density at radius 1 is 1.46 bits per heavy atom. The minimum absolute atomic E-state index is 0.0171. The number of oxime groups is 1. The number of furan rings is 1. The van der Waals surface area contributed by atoms with E-state index in [1.54, 1.807) is 23.1 Å². The molecule has 3 N–H and O–H groups in total. The first kappa shape index (κ1) is 22.5. The summed E-state index contributed by atoms with van der Waals surface area (Å²) in [5.74, 6) is -2.57. The molecule has 3 aromatic heterocycles. The number of thioether (sulfide) groups is 1. The number of rotatable bonds is 7. The van der Waals surface area contributed by atoms with Crippen molar-refractivity contribution in [2.24, 2.45) is 5.16 Å². The van der Waals surface area contributed by atoms with Crippen LogP contribution in [0, 0.1) is 0 Å². The summed E-state index contributed by atoms with van der Waals surface area (Å²) in [5, 5.41) is 22.1. The van der Waals surface area contributed by atoms with Crippen LogP contribution in [0.4, 0.5) is 5.88 Å². The van der Waals surface area contributed by atoms with Crippen LogP contribution in [0.1, 0.15) is 5.69 Å². The van der Waals surface area contributed by atoms with Crippen molar-refractivity contribution in [3.8, 4) is 0 Å². The molecule has 1 unspecified atom stereocenters. The van der Waals surface area contributed by atoms with Crippen LogP contribution >= 0.6 is 11.8 Å². The number of fused-ring (bicyclic) bond motifs is 2. The fourth-order valence-corrected chi connectivity index (χ4v) is 5.35. The van der Waals surface area contributed by atoms with Crippen molar-refractivity contribution < 1.29 is 37.8 Å². The van der Waals surface area contributed by atoms with Crippen molar-refractivity contribution in [2.75, 3.05) is 18.6 Å². The molecule has 2 aliphatic rings. The van der Waals surface area contributed by atoms with Crippen LogP contribution < -0.4 is 20.7 Å². The molecule has 5 rings (SSSR count). The van der Waals surface area contributed by atoms with Gasteiger partial charge in [-0.3, -0.25) is 14.5 Å². The van der Waals surface area contributed by atoms with Gasteiger partial charge < -0.3 is 34.7 Å². The number of carboxylic acids is 1. The van der Waals surface area contributed by atoms with Crippen LogP contribution in [0.25, 0.3) is 11.1 Å². The standard InChI is InChI=1S/C21H18N6O7S/c1-32-25-14(12-7-13(22)34-24-12)17(28)23-15-18(29)27-16(21(30)31)11(9-35-20(15)27)8-26-5-2-3-10-4-6-33-19(10)26/h2-7,15,20H,8-9H2,1H3,(H3-,22,23,24,28,30,31)/t15?,20-/m0/s1. The number of carbonyl (C=O) groups excluding carboxylic acids is 3. The molecule has 14 heteroatoms. The number of hydrogen-bond donors (Lipinski definition) is 2. The van der Waals surface area contributed by atoms with Crippen LogP contribution in [0.2, 0.25) is 0 Å². The maximum Gasteiger partial charge on any atom is 0.380 e. The molecule has 1 fully saturated rings. The lowest BCUT2D eigenvalue weighted by molar-refractivity contribution is -0.669. The topological polar surface area (TPSA) is 180 Å². The Hall–Kier alpha value is -4.33. The number of aliphatic carboxylic acids is 1. The van der Waals surface area contributed by atoms with Gasteiger partial charge >= 0.3 is 5.71 Å². The van der Waals surface area contributed by atoms with Gasteiger partial charge in [-0.15, -0.1) is 11.8 Å². The third-order valence-electron chi connectivity index (χ3n) is 5.53. The Balaban J connectivity index is 1.38. The normalized spacial score (nSPS) is 20.0. The van der Waals surface area contributed by atoms with Gasteiger partial charge in [0.1, 0.15) is 24.2 Å². The number of nitrogens with one attached hydrogen (secondary N) is 1. The van der Waals surface area contributed by atoms with Gasteiger partial charge in [0.25, 0.3) is 11.8 Å². The van der Waals surface area contributed by atoms with E-state index >= 15 is 0 Å². The van der Waals surface area contributed by atoms with E-state index in [2.05, 4.69) is 15.6 Å². The van der Waals surface area contributed by atoms with Crippen molar-refractivity contribution in [1.82, 2.24) is 15.4 Å².